The van der Waals surface area contributed by atoms with Crippen LogP contribution in [0.4, 0.5) is 5.69 Å². The van der Waals surface area contributed by atoms with Gasteiger partial charge in [0.05, 0.1) is 0 Å². The van der Waals surface area contributed by atoms with E-state index >= 15 is 0 Å². The number of amides is 2. The van der Waals surface area contributed by atoms with Crippen LogP contribution in [0.15, 0.2) is 48.5 Å². The summed E-state index contributed by atoms with van der Waals surface area (Å²) in [5, 5.41) is 11.6. The van der Waals surface area contributed by atoms with E-state index in [1.165, 1.54) is 0 Å². The number of benzene rings is 2. The summed E-state index contributed by atoms with van der Waals surface area (Å²) in [4.78, 5) is 27.4. The average Bonchev–Trinajstić information content (AvgIpc) is 3.23. The van der Waals surface area contributed by atoms with E-state index in [1.807, 2.05) is 51.9 Å². The summed E-state index contributed by atoms with van der Waals surface area (Å²) in [5.41, 5.74) is 20.7. The maximum absolute atomic E-state index is 13.7. The molecule has 1 aliphatic rings. The molecule has 2 amide bonds. The first-order valence-electron chi connectivity index (χ1n) is 12.5. The Morgan fingerprint density at radius 2 is 1.72 bits per heavy atom. The summed E-state index contributed by atoms with van der Waals surface area (Å²) >= 11 is 0. The fraction of sp³-hybridized carbons (Fsp3) is 0.370. The van der Waals surface area contributed by atoms with Gasteiger partial charge in [-0.05, 0) is 61.6 Å². The lowest BCUT2D eigenvalue weighted by atomic mass is 9.93. The van der Waals surface area contributed by atoms with Gasteiger partial charge in [0, 0.05) is 54.8 Å². The second-order valence-electron chi connectivity index (χ2n) is 9.40. The molecule has 1 aliphatic heterocycles. The number of nitrogens with zero attached hydrogens (tertiary/aromatic N) is 2. The minimum Gasteiger partial charge on any atom is -0.384 e. The normalized spacial score (nSPS) is 14.2. The number of nitrogen functional groups attached to an aromatic ring is 1. The van der Waals surface area contributed by atoms with Crippen molar-refractivity contribution < 1.29 is 9.59 Å². The van der Waals surface area contributed by atoms with Crippen molar-refractivity contribution in [2.75, 3.05) is 31.5 Å². The highest BCUT2D eigenvalue weighted by molar-refractivity contribution is 6.02. The van der Waals surface area contributed by atoms with Crippen molar-refractivity contribution in [2.24, 2.45) is 23.1 Å². The Balaban J connectivity index is 1.63. The number of amidine groups is 1. The molecule has 0 bridgehead atoms. The van der Waals surface area contributed by atoms with Crippen molar-refractivity contribution in [3.8, 4) is 0 Å². The average molecular weight is 490 g/mol. The molecule has 0 radical (unpaired) electrons. The Labute approximate surface area is 211 Å². The third kappa shape index (κ3) is 5.75. The number of rotatable bonds is 9. The number of carbonyl (C=O) groups excluding carboxylic acids is 2. The molecule has 36 heavy (non-hydrogen) atoms. The third-order valence-corrected chi connectivity index (χ3v) is 6.86. The van der Waals surface area contributed by atoms with Gasteiger partial charge >= 0.3 is 0 Å². The fourth-order valence-electron chi connectivity index (χ4n) is 4.82. The molecule has 1 fully saturated rings. The Morgan fingerprint density at radius 3 is 2.36 bits per heavy atom. The van der Waals surface area contributed by atoms with Crippen molar-refractivity contribution in [1.29, 1.82) is 5.41 Å². The number of anilines is 1. The quantitative estimate of drug-likeness (QED) is 0.231. The van der Waals surface area contributed by atoms with Crippen molar-refractivity contribution in [1.82, 2.24) is 9.47 Å². The standard InChI is InChI=1S/C27H35N7O2/c28-11-7-18-9-13-33(14-10-18)27(36)24-15-20-3-4-21(26(30)31)16-23(20)34(24)17-19-1-5-22(6-2-19)32-25(35)8-12-29/h1-6,15-16,18H,7-14,17,28-29H2,(H3,30,31)(H,32,35). The Hall–Kier alpha value is -3.69. The SMILES string of the molecule is N=C(N)c1ccc2cc(C(=O)N3CCC(CCN)CC3)n(Cc3ccc(NC(=O)CCN)cc3)c2c1. The van der Waals surface area contributed by atoms with E-state index in [9.17, 15) is 9.59 Å². The number of fused-ring (bicyclic) bond motifs is 1. The van der Waals surface area contributed by atoms with Crippen LogP contribution in [0.2, 0.25) is 0 Å². The van der Waals surface area contributed by atoms with Crippen LogP contribution in [0.3, 0.4) is 0 Å². The van der Waals surface area contributed by atoms with E-state index in [1.54, 1.807) is 6.07 Å². The largest absolute Gasteiger partial charge is 0.384 e. The summed E-state index contributed by atoms with van der Waals surface area (Å²) < 4.78 is 2.00. The molecular weight excluding hydrogens is 454 g/mol. The molecule has 0 saturated carbocycles. The minimum atomic E-state index is -0.124. The molecule has 1 saturated heterocycles. The molecule has 9 heteroatoms. The van der Waals surface area contributed by atoms with Gasteiger partial charge in [-0.25, -0.2) is 0 Å². The van der Waals surface area contributed by atoms with E-state index in [4.69, 9.17) is 22.6 Å². The number of nitrogens with two attached hydrogens (primary N) is 3. The molecule has 0 unspecified atom stereocenters. The van der Waals surface area contributed by atoms with Gasteiger partial charge in [-0.15, -0.1) is 0 Å². The van der Waals surface area contributed by atoms with Gasteiger partial charge in [-0.2, -0.15) is 0 Å². The number of hydrogen-bond donors (Lipinski definition) is 5. The molecule has 0 atom stereocenters. The monoisotopic (exact) mass is 489 g/mol. The van der Waals surface area contributed by atoms with Gasteiger partial charge in [0.15, 0.2) is 0 Å². The van der Waals surface area contributed by atoms with Crippen molar-refractivity contribution >= 4 is 34.2 Å². The maximum atomic E-state index is 13.7. The van der Waals surface area contributed by atoms with E-state index in [-0.39, 0.29) is 24.1 Å². The van der Waals surface area contributed by atoms with Crippen LogP contribution in [0.5, 0.6) is 0 Å². The van der Waals surface area contributed by atoms with Gasteiger partial charge in [-0.1, -0.05) is 24.3 Å². The fourth-order valence-corrected chi connectivity index (χ4v) is 4.82. The molecule has 190 valence electrons. The van der Waals surface area contributed by atoms with Crippen LogP contribution in [-0.2, 0) is 11.3 Å². The van der Waals surface area contributed by atoms with E-state index in [0.29, 0.717) is 42.5 Å². The summed E-state index contributed by atoms with van der Waals surface area (Å²) in [6.07, 6.45) is 3.20. The topological polar surface area (TPSA) is 156 Å². The van der Waals surface area contributed by atoms with Crippen LogP contribution in [0, 0.1) is 11.3 Å². The molecule has 8 N–H and O–H groups in total. The van der Waals surface area contributed by atoms with Crippen molar-refractivity contribution in [2.45, 2.75) is 32.2 Å². The number of nitrogens with one attached hydrogen (secondary N) is 2. The Morgan fingerprint density at radius 1 is 1.00 bits per heavy atom. The third-order valence-electron chi connectivity index (χ3n) is 6.86. The van der Waals surface area contributed by atoms with E-state index in [0.717, 1.165) is 48.8 Å². The molecule has 4 rings (SSSR count). The molecule has 3 aromatic rings. The highest BCUT2D eigenvalue weighted by atomic mass is 16.2. The lowest BCUT2D eigenvalue weighted by Gasteiger charge is -2.32. The maximum Gasteiger partial charge on any atom is 0.270 e. The molecule has 1 aromatic heterocycles. The number of hydrogen-bond acceptors (Lipinski definition) is 5. The number of carbonyl (C=O) groups is 2. The zero-order valence-corrected chi connectivity index (χ0v) is 20.5. The highest BCUT2D eigenvalue weighted by Gasteiger charge is 2.26. The molecule has 0 aliphatic carbocycles. The second kappa shape index (κ2) is 11.4. The van der Waals surface area contributed by atoms with Crippen LogP contribution in [0.25, 0.3) is 10.9 Å². The first-order valence-corrected chi connectivity index (χ1v) is 12.5. The second-order valence-corrected chi connectivity index (χ2v) is 9.40. The van der Waals surface area contributed by atoms with Crippen LogP contribution >= 0.6 is 0 Å². The van der Waals surface area contributed by atoms with Gasteiger partial charge < -0.3 is 32.0 Å². The van der Waals surface area contributed by atoms with Gasteiger partial charge in [0.25, 0.3) is 5.91 Å². The van der Waals surface area contributed by atoms with E-state index in [2.05, 4.69) is 5.32 Å². The summed E-state index contributed by atoms with van der Waals surface area (Å²) in [6, 6.07) is 15.1. The van der Waals surface area contributed by atoms with Crippen molar-refractivity contribution in [3.05, 3.63) is 65.4 Å². The zero-order valence-electron chi connectivity index (χ0n) is 20.5. The Bertz CT molecular complexity index is 1240. The van der Waals surface area contributed by atoms with Crippen molar-refractivity contribution in [3.63, 3.8) is 0 Å². The number of aromatic nitrogens is 1. The Kier molecular flexibility index (Phi) is 8.02. The van der Waals surface area contributed by atoms with Gasteiger partial charge in [0.1, 0.15) is 11.5 Å². The molecule has 2 heterocycles. The number of piperidine rings is 1. The lowest BCUT2D eigenvalue weighted by molar-refractivity contribution is -0.116. The zero-order chi connectivity index (χ0) is 25.7. The molecule has 9 nitrogen and oxygen atoms in total. The smallest absolute Gasteiger partial charge is 0.270 e. The van der Waals surface area contributed by atoms with E-state index < -0.39 is 0 Å². The van der Waals surface area contributed by atoms with Gasteiger partial charge in [0.2, 0.25) is 5.91 Å². The van der Waals surface area contributed by atoms with Crippen LogP contribution in [-0.4, -0.2) is 53.3 Å². The minimum absolute atomic E-state index is 0.00689. The summed E-state index contributed by atoms with van der Waals surface area (Å²) in [6.45, 7) is 2.89. The molecule has 2 aromatic carbocycles. The van der Waals surface area contributed by atoms with Gasteiger partial charge in [-0.3, -0.25) is 15.0 Å². The summed E-state index contributed by atoms with van der Waals surface area (Å²) in [7, 11) is 0. The molecular formula is C27H35N7O2. The predicted molar refractivity (Wildman–Crippen MR) is 143 cm³/mol. The first-order chi connectivity index (χ1) is 17.4. The first kappa shape index (κ1) is 25.4. The summed E-state index contributed by atoms with van der Waals surface area (Å²) in [5.74, 6) is 0.443. The molecule has 0 spiro atoms. The highest BCUT2D eigenvalue weighted by Crippen LogP contribution is 2.27. The van der Waals surface area contributed by atoms with Crippen LogP contribution < -0.4 is 22.5 Å². The predicted octanol–water partition coefficient (Wildman–Crippen LogP) is 2.46. The number of likely N-dealkylation sites (tertiary alicyclic amines) is 1. The lowest BCUT2D eigenvalue weighted by Crippen LogP contribution is -2.39. The van der Waals surface area contributed by atoms with Crippen LogP contribution in [0.1, 0.15) is 47.3 Å².